The van der Waals surface area contributed by atoms with Crippen LogP contribution in [0.3, 0.4) is 0 Å². The number of carbonyl (C=O) groups is 1. The van der Waals surface area contributed by atoms with Crippen LogP contribution in [-0.2, 0) is 4.79 Å². The smallest absolute Gasteiger partial charge is 0.224 e. The lowest BCUT2D eigenvalue weighted by Crippen LogP contribution is -2.41. The van der Waals surface area contributed by atoms with Crippen LogP contribution in [0.25, 0.3) is 0 Å². The van der Waals surface area contributed by atoms with Gasteiger partial charge in [-0.3, -0.25) is 4.79 Å². The van der Waals surface area contributed by atoms with Crippen LogP contribution in [0.15, 0.2) is 42.7 Å². The highest BCUT2D eigenvalue weighted by atomic mass is 16.5. The van der Waals surface area contributed by atoms with Crippen molar-refractivity contribution >= 4 is 11.7 Å². The molecule has 6 nitrogen and oxygen atoms in total. The summed E-state index contributed by atoms with van der Waals surface area (Å²) in [7, 11) is 0. The number of aromatic nitrogens is 2. The number of hydrogen-bond acceptors (Lipinski definition) is 5. The molecule has 25 heavy (non-hydrogen) atoms. The predicted octanol–water partition coefficient (Wildman–Crippen LogP) is 2.76. The number of hydrogen-bond donors (Lipinski definition) is 1. The van der Waals surface area contributed by atoms with Gasteiger partial charge in [0.15, 0.2) is 0 Å². The maximum absolute atomic E-state index is 12.2. The predicted molar refractivity (Wildman–Crippen MR) is 94.6 cm³/mol. The first-order chi connectivity index (χ1) is 12.3. The minimum Gasteiger partial charge on any atom is -0.439 e. The molecule has 0 atom stereocenters. The highest BCUT2D eigenvalue weighted by molar-refractivity contribution is 5.79. The summed E-state index contributed by atoms with van der Waals surface area (Å²) in [5.41, 5.74) is 0. The number of rotatable bonds is 5. The van der Waals surface area contributed by atoms with Crippen molar-refractivity contribution in [3.63, 3.8) is 0 Å². The van der Waals surface area contributed by atoms with Crippen LogP contribution in [0, 0.1) is 5.92 Å². The number of amides is 1. The zero-order valence-electron chi connectivity index (χ0n) is 14.1. The molecule has 1 aromatic carbocycles. The molecule has 1 amide bonds. The fraction of sp³-hybridized carbons (Fsp3) is 0.421. The summed E-state index contributed by atoms with van der Waals surface area (Å²) >= 11 is 0. The van der Waals surface area contributed by atoms with Crippen molar-refractivity contribution in [1.82, 2.24) is 15.3 Å². The highest BCUT2D eigenvalue weighted by Gasteiger charge is 2.30. The maximum Gasteiger partial charge on any atom is 0.224 e. The monoisotopic (exact) mass is 338 g/mol. The largest absolute Gasteiger partial charge is 0.439 e. The molecule has 2 fully saturated rings. The van der Waals surface area contributed by atoms with Crippen LogP contribution >= 0.6 is 0 Å². The van der Waals surface area contributed by atoms with E-state index < -0.39 is 0 Å². The van der Waals surface area contributed by atoms with Gasteiger partial charge in [0.05, 0.1) is 0 Å². The van der Waals surface area contributed by atoms with E-state index in [4.69, 9.17) is 4.74 Å². The lowest BCUT2D eigenvalue weighted by molar-refractivity contribution is -0.125. The molecule has 4 rings (SSSR count). The summed E-state index contributed by atoms with van der Waals surface area (Å²) < 4.78 is 5.78. The van der Waals surface area contributed by atoms with Crippen LogP contribution in [0.4, 0.5) is 5.82 Å². The summed E-state index contributed by atoms with van der Waals surface area (Å²) in [5, 5.41) is 3.11. The molecule has 2 aliphatic rings. The zero-order valence-corrected chi connectivity index (χ0v) is 14.1. The Morgan fingerprint density at radius 3 is 2.56 bits per heavy atom. The number of nitrogens with one attached hydrogen (secondary N) is 1. The molecule has 1 aliphatic heterocycles. The van der Waals surface area contributed by atoms with Gasteiger partial charge in [-0.1, -0.05) is 18.2 Å². The van der Waals surface area contributed by atoms with Gasteiger partial charge >= 0.3 is 0 Å². The van der Waals surface area contributed by atoms with Gasteiger partial charge in [0.1, 0.15) is 17.9 Å². The van der Waals surface area contributed by atoms with Crippen LogP contribution < -0.4 is 15.0 Å². The molecule has 0 unspecified atom stereocenters. The molecule has 2 aromatic rings. The van der Waals surface area contributed by atoms with Gasteiger partial charge in [-0.2, -0.15) is 0 Å². The first kappa shape index (κ1) is 15.9. The third-order valence-corrected chi connectivity index (χ3v) is 4.71. The van der Waals surface area contributed by atoms with E-state index in [2.05, 4.69) is 20.2 Å². The number of piperidine rings is 1. The Balaban J connectivity index is 1.36. The summed E-state index contributed by atoms with van der Waals surface area (Å²) in [6.45, 7) is 1.65. The lowest BCUT2D eigenvalue weighted by atomic mass is 9.96. The topological polar surface area (TPSA) is 67.4 Å². The average molecular weight is 338 g/mol. The quantitative estimate of drug-likeness (QED) is 0.908. The third-order valence-electron chi connectivity index (χ3n) is 4.71. The number of para-hydroxylation sites is 1. The van der Waals surface area contributed by atoms with E-state index in [1.807, 2.05) is 36.4 Å². The SMILES string of the molecule is O=C(NC1CC1)C1CCN(c2cc(Oc3ccccc3)ncn2)CC1. The molecular formula is C19H22N4O2. The van der Waals surface area contributed by atoms with Crippen molar-refractivity contribution in [3.8, 4) is 11.6 Å². The molecule has 130 valence electrons. The number of anilines is 1. The van der Waals surface area contributed by atoms with E-state index in [1.54, 1.807) is 0 Å². The van der Waals surface area contributed by atoms with E-state index in [9.17, 15) is 4.79 Å². The summed E-state index contributed by atoms with van der Waals surface area (Å²) in [6, 6.07) is 11.9. The number of benzene rings is 1. The number of nitrogens with zero attached hydrogens (tertiary/aromatic N) is 3. The van der Waals surface area contributed by atoms with Crippen molar-refractivity contribution in [2.75, 3.05) is 18.0 Å². The van der Waals surface area contributed by atoms with Gasteiger partial charge < -0.3 is 15.0 Å². The zero-order chi connectivity index (χ0) is 17.1. The molecule has 1 saturated carbocycles. The van der Waals surface area contributed by atoms with Gasteiger partial charge in [0, 0.05) is 31.1 Å². The number of carbonyl (C=O) groups excluding carboxylic acids is 1. The Morgan fingerprint density at radius 2 is 1.84 bits per heavy atom. The van der Waals surface area contributed by atoms with Gasteiger partial charge in [-0.25, -0.2) is 9.97 Å². The molecule has 1 aromatic heterocycles. The Morgan fingerprint density at radius 1 is 1.08 bits per heavy atom. The van der Waals surface area contributed by atoms with E-state index in [0.29, 0.717) is 11.9 Å². The summed E-state index contributed by atoms with van der Waals surface area (Å²) in [4.78, 5) is 22.9. The molecule has 0 bridgehead atoms. The molecule has 0 spiro atoms. The van der Waals surface area contributed by atoms with E-state index in [0.717, 1.165) is 50.3 Å². The average Bonchev–Trinajstić information content (AvgIpc) is 3.47. The lowest BCUT2D eigenvalue weighted by Gasteiger charge is -2.32. The Kier molecular flexibility index (Phi) is 4.50. The van der Waals surface area contributed by atoms with Crippen molar-refractivity contribution < 1.29 is 9.53 Å². The second-order valence-electron chi connectivity index (χ2n) is 6.67. The van der Waals surface area contributed by atoms with Gasteiger partial charge in [-0.05, 0) is 37.8 Å². The van der Waals surface area contributed by atoms with Gasteiger partial charge in [0.2, 0.25) is 11.8 Å². The third kappa shape index (κ3) is 4.07. The van der Waals surface area contributed by atoms with E-state index in [1.165, 1.54) is 6.33 Å². The maximum atomic E-state index is 12.2. The molecular weight excluding hydrogens is 316 g/mol. The Hall–Kier alpha value is -2.63. The number of ether oxygens (including phenoxy) is 1. The first-order valence-electron chi connectivity index (χ1n) is 8.88. The van der Waals surface area contributed by atoms with Crippen molar-refractivity contribution in [3.05, 3.63) is 42.7 Å². The second kappa shape index (κ2) is 7.09. The molecule has 6 heteroatoms. The van der Waals surface area contributed by atoms with Crippen LogP contribution in [0.1, 0.15) is 25.7 Å². The van der Waals surface area contributed by atoms with Crippen LogP contribution in [-0.4, -0.2) is 35.0 Å². The standard InChI is InChI=1S/C19H22N4O2/c24-19(22-15-6-7-15)14-8-10-23(11-9-14)17-12-18(21-13-20-17)25-16-4-2-1-3-5-16/h1-5,12-15H,6-11H2,(H,22,24). The summed E-state index contributed by atoms with van der Waals surface area (Å²) in [5.74, 6) is 2.48. The molecule has 1 saturated heterocycles. The summed E-state index contributed by atoms with van der Waals surface area (Å²) in [6.07, 6.45) is 5.51. The molecule has 0 radical (unpaired) electrons. The first-order valence-corrected chi connectivity index (χ1v) is 8.88. The van der Waals surface area contributed by atoms with Gasteiger partial charge in [-0.15, -0.1) is 0 Å². The van der Waals surface area contributed by atoms with E-state index >= 15 is 0 Å². The normalized spacial score (nSPS) is 18.0. The van der Waals surface area contributed by atoms with Crippen molar-refractivity contribution in [2.45, 2.75) is 31.7 Å². The molecule has 2 heterocycles. The molecule has 1 N–H and O–H groups in total. The fourth-order valence-corrected chi connectivity index (χ4v) is 3.09. The van der Waals surface area contributed by atoms with Gasteiger partial charge in [0.25, 0.3) is 0 Å². The second-order valence-corrected chi connectivity index (χ2v) is 6.67. The Bertz CT molecular complexity index is 725. The minimum atomic E-state index is 0.124. The van der Waals surface area contributed by atoms with Crippen molar-refractivity contribution in [2.24, 2.45) is 5.92 Å². The Labute approximate surface area is 147 Å². The van der Waals surface area contributed by atoms with Crippen LogP contribution in [0.2, 0.25) is 0 Å². The fourth-order valence-electron chi connectivity index (χ4n) is 3.09. The highest BCUT2D eigenvalue weighted by Crippen LogP contribution is 2.27. The molecule has 1 aliphatic carbocycles. The van der Waals surface area contributed by atoms with Crippen molar-refractivity contribution in [1.29, 1.82) is 0 Å². The minimum absolute atomic E-state index is 0.124. The van der Waals surface area contributed by atoms with E-state index in [-0.39, 0.29) is 11.8 Å². The van der Waals surface area contributed by atoms with Crippen LogP contribution in [0.5, 0.6) is 11.6 Å².